The van der Waals surface area contributed by atoms with E-state index in [2.05, 4.69) is 0 Å². The van der Waals surface area contributed by atoms with Crippen molar-refractivity contribution in [2.24, 2.45) is 0 Å². The Bertz CT molecular complexity index is 3.25. The lowest BCUT2D eigenvalue weighted by atomic mass is 9.88. The maximum absolute atomic E-state index is 2.00. The molecule has 0 aromatic carbocycles. The van der Waals surface area contributed by atoms with Gasteiger partial charge in [-0.3, -0.25) is 0 Å². The molecule has 0 saturated heterocycles. The molecule has 1 radical (unpaired) electrons. The Balaban J connectivity index is 0. The molecule has 0 nitrogen and oxygen atoms in total. The van der Waals surface area contributed by atoms with Crippen molar-refractivity contribution in [3.05, 3.63) is 0 Å². The first-order valence-corrected chi connectivity index (χ1v) is 1.15. The molecule has 0 aromatic heterocycles. The second-order valence-corrected chi connectivity index (χ2v) is 0.577. The summed E-state index contributed by atoms with van der Waals surface area (Å²) < 4.78 is 0. The van der Waals surface area contributed by atoms with Crippen LogP contribution < -0.4 is 0 Å². The molecular weight excluding hydrogens is 46.8 g/mol. The standard InChI is InChI=1S/C2H6B.CH4/c1-3-2;/h1-2H3;1H4. The van der Waals surface area contributed by atoms with Gasteiger partial charge in [0.1, 0.15) is 7.28 Å². The van der Waals surface area contributed by atoms with Gasteiger partial charge in [0, 0.05) is 0 Å². The molecule has 0 amide bonds. The summed E-state index contributed by atoms with van der Waals surface area (Å²) >= 11 is 0. The van der Waals surface area contributed by atoms with Crippen molar-refractivity contribution in [2.75, 3.05) is 0 Å². The van der Waals surface area contributed by atoms with Gasteiger partial charge < -0.3 is 0 Å². The second-order valence-electron chi connectivity index (χ2n) is 0.577. The Morgan fingerprint density at radius 1 is 1.25 bits per heavy atom. The van der Waals surface area contributed by atoms with E-state index in [0.29, 0.717) is 0 Å². The van der Waals surface area contributed by atoms with Crippen molar-refractivity contribution in [1.82, 2.24) is 0 Å². The molecule has 0 bridgehead atoms. The van der Waals surface area contributed by atoms with Crippen molar-refractivity contribution in [3.8, 4) is 0 Å². The average Bonchev–Trinajstić information content (AvgIpc) is 0.918. The van der Waals surface area contributed by atoms with Gasteiger partial charge in [-0.25, -0.2) is 0 Å². The van der Waals surface area contributed by atoms with Crippen LogP contribution in [0.5, 0.6) is 0 Å². The van der Waals surface area contributed by atoms with Gasteiger partial charge in [0.25, 0.3) is 0 Å². The zero-order chi connectivity index (χ0) is 2.71. The van der Waals surface area contributed by atoms with Gasteiger partial charge in [-0.2, -0.15) is 0 Å². The lowest BCUT2D eigenvalue weighted by molar-refractivity contribution is 2.14. The Kier molecular flexibility index (Phi) is 25.8. The minimum Gasteiger partial charge on any atom is -0.0922 e. The quantitative estimate of drug-likeness (QED) is 0.369. The molecular formula is C3H10B. The fourth-order valence-corrected chi connectivity index (χ4v) is 0. The number of rotatable bonds is 0. The van der Waals surface area contributed by atoms with Gasteiger partial charge in [0.15, 0.2) is 0 Å². The normalized spacial score (nSPS) is 3.50. The number of hydrogen-bond donors (Lipinski definition) is 0. The summed E-state index contributed by atoms with van der Waals surface area (Å²) in [5.74, 6) is 0. The third-order valence-corrected chi connectivity index (χ3v) is 0. The van der Waals surface area contributed by atoms with Crippen molar-refractivity contribution < 1.29 is 0 Å². The fourth-order valence-electron chi connectivity index (χ4n) is 0. The first kappa shape index (κ1) is 8.96. The minimum absolute atomic E-state index is 0. The third kappa shape index (κ3) is 555. The number of hydrogen-bond acceptors (Lipinski definition) is 0. The van der Waals surface area contributed by atoms with Crippen LogP contribution in [0.4, 0.5) is 0 Å². The topological polar surface area (TPSA) is 0 Å². The highest BCUT2D eigenvalue weighted by molar-refractivity contribution is 6.31. The highest BCUT2D eigenvalue weighted by atomic mass is 12.9. The molecule has 0 heterocycles. The van der Waals surface area contributed by atoms with Crippen LogP contribution >= 0.6 is 0 Å². The van der Waals surface area contributed by atoms with E-state index in [9.17, 15) is 0 Å². The van der Waals surface area contributed by atoms with Crippen molar-refractivity contribution in [2.45, 2.75) is 21.1 Å². The molecule has 0 rings (SSSR count). The SMILES string of the molecule is C.C[B]C. The summed E-state index contributed by atoms with van der Waals surface area (Å²) in [6.45, 7) is 4.00. The summed E-state index contributed by atoms with van der Waals surface area (Å²) in [5, 5.41) is 0. The van der Waals surface area contributed by atoms with E-state index < -0.39 is 0 Å². The largest absolute Gasteiger partial charge is 0.102 e. The van der Waals surface area contributed by atoms with Gasteiger partial charge in [0.2, 0.25) is 0 Å². The molecule has 4 heavy (non-hydrogen) atoms. The molecule has 0 unspecified atom stereocenters. The molecule has 0 atom stereocenters. The minimum atomic E-state index is 0. The maximum Gasteiger partial charge on any atom is 0.102 e. The zero-order valence-electron chi connectivity index (χ0n) is 2.58. The van der Waals surface area contributed by atoms with E-state index in [1.807, 2.05) is 20.9 Å². The van der Waals surface area contributed by atoms with Crippen molar-refractivity contribution in [1.29, 1.82) is 0 Å². The van der Waals surface area contributed by atoms with E-state index in [1.54, 1.807) is 0 Å². The molecule has 1 heteroatoms. The Morgan fingerprint density at radius 2 is 1.25 bits per heavy atom. The monoisotopic (exact) mass is 57.1 g/mol. The molecule has 0 fully saturated rings. The van der Waals surface area contributed by atoms with Crippen molar-refractivity contribution in [3.63, 3.8) is 0 Å². The van der Waals surface area contributed by atoms with Crippen LogP contribution in [0, 0.1) is 0 Å². The summed E-state index contributed by atoms with van der Waals surface area (Å²) in [5.41, 5.74) is 0. The van der Waals surface area contributed by atoms with E-state index in [-0.39, 0.29) is 7.43 Å². The molecule has 0 aliphatic carbocycles. The van der Waals surface area contributed by atoms with Crippen LogP contribution in [0.3, 0.4) is 0 Å². The van der Waals surface area contributed by atoms with E-state index >= 15 is 0 Å². The summed E-state index contributed by atoms with van der Waals surface area (Å²) in [6.07, 6.45) is 0. The lowest BCUT2D eigenvalue weighted by Gasteiger charge is -1.41. The molecule has 0 aliphatic heterocycles. The second kappa shape index (κ2) is 11.5. The molecule has 0 aromatic rings. The highest BCUT2D eigenvalue weighted by Crippen LogP contribution is 1.36. The fraction of sp³-hybridized carbons (Fsp3) is 1.00. The van der Waals surface area contributed by atoms with Crippen LogP contribution in [0.2, 0.25) is 13.6 Å². The summed E-state index contributed by atoms with van der Waals surface area (Å²) in [6, 6.07) is 0. The first-order chi connectivity index (χ1) is 1.41. The smallest absolute Gasteiger partial charge is 0.0922 e. The van der Waals surface area contributed by atoms with Crippen LogP contribution in [0.15, 0.2) is 0 Å². The van der Waals surface area contributed by atoms with Crippen molar-refractivity contribution >= 4 is 7.28 Å². The summed E-state index contributed by atoms with van der Waals surface area (Å²) in [4.78, 5) is 0. The molecule has 0 spiro atoms. The van der Waals surface area contributed by atoms with Gasteiger partial charge in [-0.05, 0) is 0 Å². The van der Waals surface area contributed by atoms with E-state index in [1.165, 1.54) is 0 Å². The van der Waals surface area contributed by atoms with Crippen LogP contribution in [-0.4, -0.2) is 7.28 Å². The molecule has 25 valence electrons. The molecule has 0 aliphatic rings. The molecule has 0 saturated carbocycles. The van der Waals surface area contributed by atoms with Crippen LogP contribution in [-0.2, 0) is 0 Å². The first-order valence-electron chi connectivity index (χ1n) is 1.15. The third-order valence-electron chi connectivity index (χ3n) is 0. The zero-order valence-corrected chi connectivity index (χ0v) is 2.58. The predicted octanol–water partition coefficient (Wildman–Crippen LogP) is 1.42. The van der Waals surface area contributed by atoms with Gasteiger partial charge in [-0.15, -0.1) is 0 Å². The maximum atomic E-state index is 2.00. The highest BCUT2D eigenvalue weighted by Gasteiger charge is 1.42. The Labute approximate surface area is 29.5 Å². The predicted molar refractivity (Wildman–Crippen MR) is 24.2 cm³/mol. The average molecular weight is 56.9 g/mol. The van der Waals surface area contributed by atoms with E-state index in [4.69, 9.17) is 0 Å². The van der Waals surface area contributed by atoms with Gasteiger partial charge in [-0.1, -0.05) is 21.1 Å². The summed E-state index contributed by atoms with van der Waals surface area (Å²) in [7, 11) is 2.00. The molecule has 0 N–H and O–H groups in total. The Morgan fingerprint density at radius 3 is 1.25 bits per heavy atom. The van der Waals surface area contributed by atoms with E-state index in [0.717, 1.165) is 0 Å². The van der Waals surface area contributed by atoms with Gasteiger partial charge in [0.05, 0.1) is 0 Å². The Hall–Kier alpha value is 0.0649. The van der Waals surface area contributed by atoms with Gasteiger partial charge >= 0.3 is 0 Å². The van der Waals surface area contributed by atoms with Crippen LogP contribution in [0.25, 0.3) is 0 Å². The lowest BCUT2D eigenvalue weighted by Crippen LogP contribution is -1.53. The van der Waals surface area contributed by atoms with Crippen LogP contribution in [0.1, 0.15) is 7.43 Å².